The fraction of sp³-hybridized carbons (Fsp3) is 0.449. The second-order valence-corrected chi connectivity index (χ2v) is 18.5. The molecule has 79 heavy (non-hydrogen) atoms. The predicted molar refractivity (Wildman–Crippen MR) is 277 cm³/mol. The molecule has 14 amide bonds. The molecule has 30 heteroatoms. The summed E-state index contributed by atoms with van der Waals surface area (Å²) in [5.74, 6) is -16.3. The van der Waals surface area contributed by atoms with Crippen LogP contribution < -0.4 is 82.7 Å². The highest BCUT2D eigenvalue weighted by Crippen LogP contribution is 2.10. The zero-order valence-electron chi connectivity index (χ0n) is 43.4. The number of hydrogen-bond donors (Lipinski definition) is 15. The first-order chi connectivity index (χ1) is 37.1. The van der Waals surface area contributed by atoms with Crippen molar-refractivity contribution in [2.75, 3.05) is 0 Å². The lowest BCUT2D eigenvalue weighted by molar-refractivity contribution is -0.137. The van der Waals surface area contributed by atoms with Crippen molar-refractivity contribution in [1.82, 2.24) is 42.5 Å². The number of aldehydes is 1. The molecule has 9 atom stereocenters. The minimum Gasteiger partial charge on any atom is -0.370 e. The minimum atomic E-state index is -2.04. The van der Waals surface area contributed by atoms with E-state index in [0.29, 0.717) is 17.4 Å². The van der Waals surface area contributed by atoms with Gasteiger partial charge in [0.15, 0.2) is 0 Å². The molecular formula is C49H69N15O15. The Morgan fingerprint density at radius 1 is 0.380 bits per heavy atom. The maximum Gasteiger partial charge on any atom is 0.243 e. The Bertz CT molecular complexity index is 2550. The molecule has 0 saturated carbocycles. The number of nitrogens with one attached hydrogen (secondary N) is 8. The topological polar surface area (TPSA) is 534 Å². The Labute approximate surface area is 452 Å². The molecule has 0 radical (unpaired) electrons. The normalized spacial score (nSPS) is 14.2. The molecule has 0 unspecified atom stereocenters. The molecule has 2 rings (SSSR count). The van der Waals surface area contributed by atoms with Crippen LogP contribution in [0, 0.1) is 5.92 Å². The Balaban J connectivity index is 2.46. The van der Waals surface area contributed by atoms with Crippen molar-refractivity contribution in [3.63, 3.8) is 0 Å². The van der Waals surface area contributed by atoms with Gasteiger partial charge in [0.2, 0.25) is 82.7 Å². The van der Waals surface area contributed by atoms with E-state index >= 15 is 0 Å². The summed E-state index contributed by atoms with van der Waals surface area (Å²) in [6.45, 7) is 3.31. The van der Waals surface area contributed by atoms with Gasteiger partial charge in [0.1, 0.15) is 48.6 Å². The fourth-order valence-electron chi connectivity index (χ4n) is 7.28. The highest BCUT2D eigenvalue weighted by molar-refractivity contribution is 6.01. The zero-order valence-corrected chi connectivity index (χ0v) is 43.4. The largest absolute Gasteiger partial charge is 0.370 e. The van der Waals surface area contributed by atoms with Gasteiger partial charge in [-0.2, -0.15) is 0 Å². The molecule has 0 aliphatic rings. The van der Waals surface area contributed by atoms with E-state index in [9.17, 15) is 71.9 Å². The molecule has 2 aromatic carbocycles. The summed E-state index contributed by atoms with van der Waals surface area (Å²) in [5, 5.41) is 18.3. The molecule has 0 spiro atoms. The SMILES string of the molecule is CC(C)[C@@H](C=O)NC(=O)[C@H](Cc1ccccc1)NC(=O)[C@H](CC(N)=O)NC(=O)[C@H](CC(N)=O)NC(=O)[C@H](CCC(N)=O)NC(=O)[C@H](CC(N)=O)NC(=O)[C@H](CC(N)=O)NC(=O)[C@H](Cc1ccccc1)NC(=O)[C@@H](N)CCC(N)=O. The number of carbonyl (C=O) groups excluding carboxylic acids is 15. The summed E-state index contributed by atoms with van der Waals surface area (Å²) >= 11 is 0. The Hall–Kier alpha value is -9.35. The van der Waals surface area contributed by atoms with E-state index in [-0.39, 0.29) is 31.6 Å². The van der Waals surface area contributed by atoms with Gasteiger partial charge < -0.3 is 87.5 Å². The van der Waals surface area contributed by atoms with Gasteiger partial charge in [-0.05, 0) is 29.9 Å². The van der Waals surface area contributed by atoms with Crippen molar-refractivity contribution in [2.45, 2.75) is 132 Å². The van der Waals surface area contributed by atoms with Crippen molar-refractivity contribution in [2.24, 2.45) is 46.1 Å². The summed E-state index contributed by atoms with van der Waals surface area (Å²) in [6.07, 6.45) is -5.53. The van der Waals surface area contributed by atoms with E-state index in [0.717, 1.165) is 0 Å². The van der Waals surface area contributed by atoms with Crippen LogP contribution in [0.15, 0.2) is 60.7 Å². The van der Waals surface area contributed by atoms with Crippen LogP contribution in [-0.4, -0.2) is 143 Å². The van der Waals surface area contributed by atoms with E-state index in [1.165, 1.54) is 0 Å². The molecule has 22 N–H and O–H groups in total. The van der Waals surface area contributed by atoms with Gasteiger partial charge in [-0.25, -0.2) is 0 Å². The van der Waals surface area contributed by atoms with E-state index in [2.05, 4.69) is 42.5 Å². The molecule has 0 saturated heterocycles. The standard InChI is InChI=1S/C49H69N15O15/c1-24(2)35(23-65)64-45(75)30(18-26-11-7-4-8-12-26)59-47(77)33(21-40(55)70)63-48(78)32(20-39(54)69)60-43(73)28(14-16-37(52)67)57-46(76)31(19-38(53)68)62-49(79)34(22-41(56)71)61-44(74)29(17-25-9-5-3-6-10-25)58-42(72)27(50)13-15-36(51)66/h3-12,23-24,27-35H,13-22,50H2,1-2H3,(H2,51,66)(H2,52,67)(H2,53,68)(H2,54,69)(H2,55,70)(H2,56,71)(H,57,76)(H,58,72)(H,59,77)(H,60,73)(H,61,74)(H,62,79)(H,63,78)(H,64,75)/t27-,28-,29-,30-,31-,32-,33-,34-,35+/m0/s1. The molecule has 0 aliphatic heterocycles. The molecule has 0 aromatic heterocycles. The third-order valence-corrected chi connectivity index (χ3v) is 11.5. The van der Waals surface area contributed by atoms with Gasteiger partial charge in [-0.3, -0.25) is 67.1 Å². The first-order valence-corrected chi connectivity index (χ1v) is 24.5. The van der Waals surface area contributed by atoms with Crippen LogP contribution >= 0.6 is 0 Å². The average molecular weight is 1110 g/mol. The summed E-state index contributed by atoms with van der Waals surface area (Å²) in [5.41, 5.74) is 39.0. The van der Waals surface area contributed by atoms with Crippen LogP contribution in [-0.2, 0) is 84.8 Å². The Morgan fingerprint density at radius 2 is 0.658 bits per heavy atom. The van der Waals surface area contributed by atoms with Crippen LogP contribution in [0.3, 0.4) is 0 Å². The number of carbonyl (C=O) groups is 15. The third-order valence-electron chi connectivity index (χ3n) is 11.5. The van der Waals surface area contributed by atoms with Crippen molar-refractivity contribution in [1.29, 1.82) is 0 Å². The lowest BCUT2D eigenvalue weighted by atomic mass is 10.0. The molecule has 0 heterocycles. The lowest BCUT2D eigenvalue weighted by Crippen LogP contribution is -2.61. The highest BCUT2D eigenvalue weighted by Gasteiger charge is 2.37. The molecular weight excluding hydrogens is 1040 g/mol. The predicted octanol–water partition coefficient (Wildman–Crippen LogP) is -7.44. The third kappa shape index (κ3) is 24.9. The second kappa shape index (κ2) is 32.9. The molecule has 0 fully saturated rings. The second-order valence-electron chi connectivity index (χ2n) is 18.5. The van der Waals surface area contributed by atoms with Crippen LogP contribution in [0.1, 0.15) is 76.3 Å². The van der Waals surface area contributed by atoms with Crippen molar-refractivity contribution >= 4 is 89.0 Å². The highest BCUT2D eigenvalue weighted by atomic mass is 16.2. The Kier molecular flexibility index (Phi) is 27.4. The number of nitrogens with two attached hydrogens (primary N) is 7. The van der Waals surface area contributed by atoms with Crippen molar-refractivity contribution < 1.29 is 71.9 Å². The summed E-state index contributed by atoms with van der Waals surface area (Å²) < 4.78 is 0. The van der Waals surface area contributed by atoms with Gasteiger partial charge in [0.25, 0.3) is 0 Å². The number of rotatable bonds is 36. The van der Waals surface area contributed by atoms with Crippen LogP contribution in [0.25, 0.3) is 0 Å². The average Bonchev–Trinajstić information content (AvgIpc) is 3.36. The smallest absolute Gasteiger partial charge is 0.243 e. The van der Waals surface area contributed by atoms with Gasteiger partial charge in [0, 0.05) is 25.7 Å². The maximum atomic E-state index is 14.0. The molecule has 2 aromatic rings. The first-order valence-electron chi connectivity index (χ1n) is 24.5. The van der Waals surface area contributed by atoms with Crippen LogP contribution in [0.4, 0.5) is 0 Å². The maximum absolute atomic E-state index is 14.0. The number of primary amides is 6. The molecule has 0 bridgehead atoms. The van der Waals surface area contributed by atoms with Crippen molar-refractivity contribution in [3.8, 4) is 0 Å². The first kappa shape index (κ1) is 65.8. The van der Waals surface area contributed by atoms with E-state index in [1.807, 2.05) is 0 Å². The number of hydrogen-bond acceptors (Lipinski definition) is 16. The monoisotopic (exact) mass is 1110 g/mol. The molecule has 30 nitrogen and oxygen atoms in total. The van der Waals surface area contributed by atoms with Gasteiger partial charge >= 0.3 is 0 Å². The van der Waals surface area contributed by atoms with Gasteiger partial charge in [-0.15, -0.1) is 0 Å². The summed E-state index contributed by atoms with van der Waals surface area (Å²) in [6, 6.07) is 1.35. The van der Waals surface area contributed by atoms with Gasteiger partial charge in [0.05, 0.1) is 37.8 Å². The zero-order chi connectivity index (χ0) is 59.5. The number of amides is 14. The lowest BCUT2D eigenvalue weighted by Gasteiger charge is -2.27. The van der Waals surface area contributed by atoms with Gasteiger partial charge in [-0.1, -0.05) is 74.5 Å². The fourth-order valence-corrected chi connectivity index (χ4v) is 7.28. The minimum absolute atomic E-state index is 0.151. The van der Waals surface area contributed by atoms with E-state index in [1.54, 1.807) is 74.5 Å². The Morgan fingerprint density at radius 3 is 0.975 bits per heavy atom. The quantitative estimate of drug-likeness (QED) is 0.0282. The van der Waals surface area contributed by atoms with Crippen LogP contribution in [0.5, 0.6) is 0 Å². The molecule has 0 aliphatic carbocycles. The number of benzene rings is 2. The van der Waals surface area contributed by atoms with Crippen LogP contribution in [0.2, 0.25) is 0 Å². The summed E-state index contributed by atoms with van der Waals surface area (Å²) in [4.78, 5) is 194. The molecule has 430 valence electrons. The van der Waals surface area contributed by atoms with E-state index in [4.69, 9.17) is 40.1 Å². The van der Waals surface area contributed by atoms with Crippen molar-refractivity contribution in [3.05, 3.63) is 71.8 Å². The summed E-state index contributed by atoms with van der Waals surface area (Å²) in [7, 11) is 0. The van der Waals surface area contributed by atoms with E-state index < -0.39 is 176 Å².